The van der Waals surface area contributed by atoms with Gasteiger partial charge in [0.1, 0.15) is 5.82 Å². The second-order valence-electron chi connectivity index (χ2n) is 4.80. The lowest BCUT2D eigenvalue weighted by molar-refractivity contribution is 0.297. The van der Waals surface area contributed by atoms with Gasteiger partial charge in [0.15, 0.2) is 11.5 Å². The first-order valence-electron chi connectivity index (χ1n) is 7.22. The van der Waals surface area contributed by atoms with Gasteiger partial charge >= 0.3 is 0 Å². The minimum absolute atomic E-state index is 0.691. The van der Waals surface area contributed by atoms with Crippen molar-refractivity contribution in [3.05, 3.63) is 36.5 Å². The number of ether oxygens (including phenoxy) is 2. The number of benzene rings is 1. The van der Waals surface area contributed by atoms with Crippen LogP contribution in [0.25, 0.3) is 0 Å². The fourth-order valence-electron chi connectivity index (χ4n) is 2.19. The van der Waals surface area contributed by atoms with E-state index in [1.165, 1.54) is 0 Å². The molecule has 2 aromatic rings. The Bertz CT molecular complexity index is 616. The number of rotatable bonds is 4. The van der Waals surface area contributed by atoms with Crippen LogP contribution in [0.1, 0.15) is 13.3 Å². The Hall–Kier alpha value is -2.43. The van der Waals surface area contributed by atoms with Crippen LogP contribution in [0.3, 0.4) is 0 Å². The third kappa shape index (κ3) is 3.37. The Kier molecular flexibility index (Phi) is 4.09. The minimum atomic E-state index is 0.691. The van der Waals surface area contributed by atoms with E-state index in [0.717, 1.165) is 41.7 Å². The zero-order chi connectivity index (χ0) is 14.5. The average Bonchev–Trinajstić information content (AvgIpc) is 2.73. The van der Waals surface area contributed by atoms with Crippen LogP contribution in [0.15, 0.2) is 36.5 Å². The number of nitrogens with zero attached hydrogens (tertiary/aromatic N) is 1. The first-order chi connectivity index (χ1) is 10.3. The molecule has 0 aliphatic carbocycles. The smallest absolute Gasteiger partial charge is 0.163 e. The molecule has 3 rings (SSSR count). The van der Waals surface area contributed by atoms with E-state index < -0.39 is 0 Å². The normalized spacial score (nSPS) is 13.4. The lowest BCUT2D eigenvalue weighted by Gasteiger charge is -2.12. The van der Waals surface area contributed by atoms with Gasteiger partial charge in [-0.15, -0.1) is 0 Å². The number of hydrogen-bond acceptors (Lipinski definition) is 5. The molecule has 1 aromatic heterocycles. The fourth-order valence-corrected chi connectivity index (χ4v) is 2.19. The van der Waals surface area contributed by atoms with Gasteiger partial charge in [-0.3, -0.25) is 0 Å². The summed E-state index contributed by atoms with van der Waals surface area (Å²) in [5, 5.41) is 6.55. The van der Waals surface area contributed by atoms with Gasteiger partial charge in [0, 0.05) is 42.7 Å². The van der Waals surface area contributed by atoms with E-state index in [0.29, 0.717) is 13.2 Å². The molecule has 1 aromatic carbocycles. The molecule has 21 heavy (non-hydrogen) atoms. The van der Waals surface area contributed by atoms with Crippen LogP contribution in [0.2, 0.25) is 0 Å². The highest BCUT2D eigenvalue weighted by Gasteiger charge is 2.10. The number of anilines is 3. The average molecular weight is 285 g/mol. The van der Waals surface area contributed by atoms with E-state index in [4.69, 9.17) is 9.47 Å². The summed E-state index contributed by atoms with van der Waals surface area (Å²) < 4.78 is 11.3. The van der Waals surface area contributed by atoms with E-state index in [9.17, 15) is 0 Å². The fraction of sp³-hybridized carbons (Fsp3) is 0.312. The maximum atomic E-state index is 5.70. The van der Waals surface area contributed by atoms with Crippen molar-refractivity contribution in [1.29, 1.82) is 0 Å². The van der Waals surface area contributed by atoms with E-state index in [-0.39, 0.29) is 0 Å². The number of aromatic nitrogens is 1. The predicted octanol–water partition coefficient (Wildman–Crippen LogP) is 3.42. The molecule has 0 bridgehead atoms. The van der Waals surface area contributed by atoms with Gasteiger partial charge < -0.3 is 20.1 Å². The highest BCUT2D eigenvalue weighted by molar-refractivity contribution is 5.65. The van der Waals surface area contributed by atoms with Gasteiger partial charge in [0.25, 0.3) is 0 Å². The molecule has 0 radical (unpaired) electrons. The molecule has 5 heteroatoms. The molecule has 0 saturated carbocycles. The maximum Gasteiger partial charge on any atom is 0.163 e. The highest BCUT2D eigenvalue weighted by Crippen LogP contribution is 2.33. The quantitative estimate of drug-likeness (QED) is 0.901. The van der Waals surface area contributed by atoms with E-state index in [1.807, 2.05) is 37.3 Å². The zero-order valence-corrected chi connectivity index (χ0v) is 12.1. The largest absolute Gasteiger partial charge is 0.490 e. The minimum Gasteiger partial charge on any atom is -0.490 e. The zero-order valence-electron chi connectivity index (χ0n) is 12.1. The summed E-state index contributed by atoms with van der Waals surface area (Å²) in [5.74, 6) is 2.46. The summed E-state index contributed by atoms with van der Waals surface area (Å²) in [6.07, 6.45) is 2.69. The third-order valence-corrected chi connectivity index (χ3v) is 3.15. The van der Waals surface area contributed by atoms with Crippen molar-refractivity contribution in [3.8, 4) is 11.5 Å². The second kappa shape index (κ2) is 6.35. The third-order valence-electron chi connectivity index (χ3n) is 3.15. The number of hydrogen-bond donors (Lipinski definition) is 2. The summed E-state index contributed by atoms with van der Waals surface area (Å²) in [7, 11) is 0. The summed E-state index contributed by atoms with van der Waals surface area (Å²) >= 11 is 0. The monoisotopic (exact) mass is 285 g/mol. The van der Waals surface area contributed by atoms with E-state index in [2.05, 4.69) is 15.6 Å². The van der Waals surface area contributed by atoms with Crippen LogP contribution in [0, 0.1) is 0 Å². The molecule has 1 aliphatic heterocycles. The molecular formula is C16H19N3O2. The van der Waals surface area contributed by atoms with Crippen LogP contribution in [-0.2, 0) is 0 Å². The van der Waals surface area contributed by atoms with Gasteiger partial charge in [0.05, 0.1) is 13.2 Å². The first-order valence-corrected chi connectivity index (χ1v) is 7.22. The van der Waals surface area contributed by atoms with Crippen LogP contribution < -0.4 is 20.1 Å². The first kappa shape index (κ1) is 13.5. The van der Waals surface area contributed by atoms with Crippen molar-refractivity contribution in [3.63, 3.8) is 0 Å². The summed E-state index contributed by atoms with van der Waals surface area (Å²) in [6, 6.07) is 9.81. The Morgan fingerprint density at radius 1 is 1.05 bits per heavy atom. The molecule has 0 atom stereocenters. The lowest BCUT2D eigenvalue weighted by Crippen LogP contribution is -2.00. The van der Waals surface area contributed by atoms with Gasteiger partial charge in [-0.05, 0) is 25.1 Å². The lowest BCUT2D eigenvalue weighted by atomic mass is 10.2. The Labute approximate surface area is 124 Å². The highest BCUT2D eigenvalue weighted by atomic mass is 16.5. The predicted molar refractivity (Wildman–Crippen MR) is 83.7 cm³/mol. The van der Waals surface area contributed by atoms with E-state index >= 15 is 0 Å². The molecule has 2 heterocycles. The van der Waals surface area contributed by atoms with Crippen molar-refractivity contribution in [2.75, 3.05) is 30.4 Å². The molecule has 2 N–H and O–H groups in total. The van der Waals surface area contributed by atoms with E-state index in [1.54, 1.807) is 6.20 Å². The molecule has 110 valence electrons. The summed E-state index contributed by atoms with van der Waals surface area (Å²) in [6.45, 7) is 4.29. The van der Waals surface area contributed by atoms with Crippen molar-refractivity contribution >= 4 is 17.2 Å². The molecule has 0 spiro atoms. The SMILES string of the molecule is CCNc1cc(Nc2ccc3c(c2)OCCCO3)ccn1. The van der Waals surface area contributed by atoms with Gasteiger partial charge in [-0.25, -0.2) is 4.98 Å². The molecule has 5 nitrogen and oxygen atoms in total. The van der Waals surface area contributed by atoms with Crippen LogP contribution in [-0.4, -0.2) is 24.7 Å². The maximum absolute atomic E-state index is 5.70. The summed E-state index contributed by atoms with van der Waals surface area (Å²) in [5.41, 5.74) is 1.95. The van der Waals surface area contributed by atoms with Crippen LogP contribution in [0.4, 0.5) is 17.2 Å². The Morgan fingerprint density at radius 2 is 1.86 bits per heavy atom. The topological polar surface area (TPSA) is 55.4 Å². The molecule has 1 aliphatic rings. The van der Waals surface area contributed by atoms with Gasteiger partial charge in [0.2, 0.25) is 0 Å². The van der Waals surface area contributed by atoms with Gasteiger partial charge in [-0.2, -0.15) is 0 Å². The Morgan fingerprint density at radius 3 is 2.71 bits per heavy atom. The molecular weight excluding hydrogens is 266 g/mol. The standard InChI is InChI=1S/C16H19N3O2/c1-2-17-16-11-13(6-7-18-16)19-12-4-5-14-15(10-12)21-9-3-8-20-14/h4-7,10-11H,2-3,8-9H2,1H3,(H2,17,18,19). The molecule has 0 amide bonds. The molecule has 0 unspecified atom stereocenters. The number of pyridine rings is 1. The Balaban J connectivity index is 1.78. The molecule has 0 saturated heterocycles. The number of fused-ring (bicyclic) bond motifs is 1. The van der Waals surface area contributed by atoms with Crippen molar-refractivity contribution < 1.29 is 9.47 Å². The van der Waals surface area contributed by atoms with Crippen molar-refractivity contribution in [2.45, 2.75) is 13.3 Å². The van der Waals surface area contributed by atoms with Crippen molar-refractivity contribution in [2.24, 2.45) is 0 Å². The molecule has 0 fully saturated rings. The van der Waals surface area contributed by atoms with Crippen LogP contribution >= 0.6 is 0 Å². The second-order valence-corrected chi connectivity index (χ2v) is 4.80. The number of nitrogens with one attached hydrogen (secondary N) is 2. The summed E-state index contributed by atoms with van der Waals surface area (Å²) in [4.78, 5) is 4.26. The van der Waals surface area contributed by atoms with Crippen molar-refractivity contribution in [1.82, 2.24) is 4.98 Å². The van der Waals surface area contributed by atoms with Gasteiger partial charge in [-0.1, -0.05) is 0 Å². The van der Waals surface area contributed by atoms with Crippen LogP contribution in [0.5, 0.6) is 11.5 Å².